The Hall–Kier alpha value is 1.33. The summed E-state index contributed by atoms with van der Waals surface area (Å²) in [5, 5.41) is 0. The topological polar surface area (TPSA) is 66.8 Å². The predicted octanol–water partition coefficient (Wildman–Crippen LogP) is 3.60. The minimum absolute atomic E-state index is 0. The average Bonchev–Trinajstić information content (AvgIpc) is 2.49. The molecule has 0 heterocycles. The van der Waals surface area contributed by atoms with Crippen LogP contribution in [0.25, 0.3) is 0 Å². The molecule has 24 heavy (non-hydrogen) atoms. The molecule has 140 valence electrons. The Morgan fingerprint density at radius 1 is 0.792 bits per heavy atom. The first-order valence-electron chi connectivity index (χ1n) is 9.45. The van der Waals surface area contributed by atoms with Crippen LogP contribution in [0.3, 0.4) is 0 Å². The van der Waals surface area contributed by atoms with Gasteiger partial charge in [-0.2, -0.15) is 0 Å². The van der Waals surface area contributed by atoms with Gasteiger partial charge in [-0.25, -0.2) is 4.57 Å². The number of hydrogen-bond donors (Lipinski definition) is 2. The molecule has 0 aromatic heterocycles. The fourth-order valence-corrected chi connectivity index (χ4v) is 2.89. The maximum absolute atomic E-state index is 10.4. The Labute approximate surface area is 193 Å². The molecule has 0 aromatic rings. The van der Waals surface area contributed by atoms with Crippen molar-refractivity contribution in [1.29, 1.82) is 0 Å². The zero-order valence-corrected chi connectivity index (χ0v) is 19.9. The van der Waals surface area contributed by atoms with Crippen molar-refractivity contribution in [3.63, 3.8) is 0 Å². The summed E-state index contributed by atoms with van der Waals surface area (Å²) in [5.74, 6) is 0. The van der Waals surface area contributed by atoms with E-state index in [9.17, 15) is 4.57 Å². The minimum Gasteiger partial charge on any atom is -1.00 e. The van der Waals surface area contributed by atoms with Gasteiger partial charge in [0.15, 0.2) is 0 Å². The quantitative estimate of drug-likeness (QED) is 0.173. The maximum atomic E-state index is 10.4. The molecule has 0 aromatic carbocycles. The fourth-order valence-electron chi connectivity index (χ4n) is 2.65. The van der Waals surface area contributed by atoms with Crippen molar-refractivity contribution in [1.82, 2.24) is 0 Å². The Bertz CT molecular complexity index is 324. The molecule has 0 aliphatic heterocycles. The minimum atomic E-state index is -4.34. The number of phosphoric ester groups is 1. The van der Waals surface area contributed by atoms with Crippen LogP contribution in [0, 0.1) is 0 Å². The van der Waals surface area contributed by atoms with Gasteiger partial charge in [-0.15, -0.1) is 0 Å². The van der Waals surface area contributed by atoms with E-state index < -0.39 is 7.82 Å². The molecule has 0 atom stereocenters. The van der Waals surface area contributed by atoms with Gasteiger partial charge in [0.2, 0.25) is 0 Å². The summed E-state index contributed by atoms with van der Waals surface area (Å²) in [7, 11) is -4.34. The van der Waals surface area contributed by atoms with E-state index in [1.807, 2.05) is 0 Å². The van der Waals surface area contributed by atoms with Gasteiger partial charge in [-0.05, 0) is 18.9 Å². The molecule has 4 nitrogen and oxygen atoms in total. The summed E-state index contributed by atoms with van der Waals surface area (Å²) in [6.07, 6.45) is 22.3. The average molecular weight is 389 g/mol. The molecule has 0 amide bonds. The molecule has 0 aliphatic carbocycles. The van der Waals surface area contributed by atoms with Crippen LogP contribution in [0.5, 0.6) is 0 Å². The van der Waals surface area contributed by atoms with E-state index >= 15 is 0 Å². The largest absolute Gasteiger partial charge is 1.00 e. The van der Waals surface area contributed by atoms with Gasteiger partial charge in [0, 0.05) is 0 Å². The second-order valence-electron chi connectivity index (χ2n) is 6.35. The van der Waals surface area contributed by atoms with Crippen molar-refractivity contribution in [2.45, 2.75) is 103 Å². The first kappa shape index (κ1) is 27.5. The van der Waals surface area contributed by atoms with E-state index in [-0.39, 0.29) is 52.8 Å². The van der Waals surface area contributed by atoms with Crippen molar-refractivity contribution in [3.05, 3.63) is 12.3 Å². The number of hydrogen-bond acceptors (Lipinski definition) is 2. The third-order valence-corrected chi connectivity index (χ3v) is 4.42. The van der Waals surface area contributed by atoms with Crippen LogP contribution in [-0.2, 0) is 9.09 Å². The van der Waals surface area contributed by atoms with Gasteiger partial charge in [0.05, 0.1) is 6.26 Å². The molecular formula is C18H38KO4P. The molecule has 0 aliphatic rings. The van der Waals surface area contributed by atoms with Crippen LogP contribution in [-0.4, -0.2) is 9.79 Å². The van der Waals surface area contributed by atoms with Gasteiger partial charge in [-0.3, -0.25) is 9.79 Å². The number of phosphoric acid groups is 1. The molecule has 0 radical (unpaired) electrons. The molecule has 0 saturated heterocycles. The third kappa shape index (κ3) is 25.6. The maximum Gasteiger partial charge on any atom is 1.00 e. The van der Waals surface area contributed by atoms with Crippen LogP contribution >= 0.6 is 7.82 Å². The van der Waals surface area contributed by atoms with E-state index in [4.69, 9.17) is 9.79 Å². The predicted molar refractivity (Wildman–Crippen MR) is 98.3 cm³/mol. The third-order valence-electron chi connectivity index (χ3n) is 4.02. The Kier molecular flexibility index (Phi) is 23.7. The summed E-state index contributed by atoms with van der Waals surface area (Å²) in [5.41, 5.74) is 0. The smallest absolute Gasteiger partial charge is 1.00 e. The zero-order chi connectivity index (χ0) is 17.2. The Morgan fingerprint density at radius 3 is 1.54 bits per heavy atom. The van der Waals surface area contributed by atoms with E-state index in [1.54, 1.807) is 6.08 Å². The molecule has 6 heteroatoms. The molecule has 0 fully saturated rings. The first-order chi connectivity index (χ1) is 11.1. The number of rotatable bonds is 17. The molecule has 0 unspecified atom stereocenters. The SMILES string of the molecule is CCCCCCCCCCCCCCCCC=COP(=O)(O)O.[H-].[K+]. The van der Waals surface area contributed by atoms with Crippen molar-refractivity contribution in [3.8, 4) is 0 Å². The molecule has 0 saturated carbocycles. The van der Waals surface area contributed by atoms with E-state index in [0.717, 1.165) is 19.1 Å². The summed E-state index contributed by atoms with van der Waals surface area (Å²) in [6.45, 7) is 2.26. The summed E-state index contributed by atoms with van der Waals surface area (Å²) >= 11 is 0. The van der Waals surface area contributed by atoms with E-state index in [1.165, 1.54) is 83.5 Å². The van der Waals surface area contributed by atoms with Gasteiger partial charge in [0.25, 0.3) is 0 Å². The van der Waals surface area contributed by atoms with Crippen LogP contribution in [0.15, 0.2) is 12.3 Å². The van der Waals surface area contributed by atoms with Crippen LogP contribution in [0.1, 0.15) is 105 Å². The summed E-state index contributed by atoms with van der Waals surface area (Å²) in [6, 6.07) is 0. The zero-order valence-electron chi connectivity index (χ0n) is 16.9. The number of allylic oxidation sites excluding steroid dienone is 1. The Morgan fingerprint density at radius 2 is 1.17 bits per heavy atom. The second kappa shape index (κ2) is 20.6. The summed E-state index contributed by atoms with van der Waals surface area (Å²) in [4.78, 5) is 17.0. The van der Waals surface area contributed by atoms with Crippen molar-refractivity contribution in [2.75, 3.05) is 0 Å². The monoisotopic (exact) mass is 388 g/mol. The van der Waals surface area contributed by atoms with Crippen LogP contribution in [0.2, 0.25) is 0 Å². The van der Waals surface area contributed by atoms with E-state index in [0.29, 0.717) is 0 Å². The molecule has 0 rings (SSSR count). The summed E-state index contributed by atoms with van der Waals surface area (Å²) < 4.78 is 14.6. The fraction of sp³-hybridized carbons (Fsp3) is 0.889. The normalized spacial score (nSPS) is 11.6. The Balaban J connectivity index is -0.00000242. The van der Waals surface area contributed by atoms with Gasteiger partial charge >= 0.3 is 59.2 Å². The van der Waals surface area contributed by atoms with Gasteiger partial charge < -0.3 is 5.95 Å². The molecule has 0 bridgehead atoms. The van der Waals surface area contributed by atoms with Crippen molar-refractivity contribution in [2.24, 2.45) is 0 Å². The van der Waals surface area contributed by atoms with Crippen molar-refractivity contribution >= 4 is 7.82 Å². The molecular weight excluding hydrogens is 350 g/mol. The van der Waals surface area contributed by atoms with Crippen LogP contribution in [0.4, 0.5) is 0 Å². The first-order valence-corrected chi connectivity index (χ1v) is 11.0. The van der Waals surface area contributed by atoms with Gasteiger partial charge in [-0.1, -0.05) is 90.4 Å². The van der Waals surface area contributed by atoms with E-state index in [2.05, 4.69) is 11.4 Å². The number of unbranched alkanes of at least 4 members (excludes halogenated alkanes) is 14. The molecule has 2 N–H and O–H groups in total. The second-order valence-corrected chi connectivity index (χ2v) is 7.54. The van der Waals surface area contributed by atoms with Crippen molar-refractivity contribution < 1.29 is 71.7 Å². The standard InChI is InChI=1S/C18H37O4P.K.H/c1-2-3-4-5-6-7-8-9-10-11-12-13-14-15-16-17-18-22-23(19,20)21;;/h17-18H,2-16H2,1H3,(H2,19,20,21);;/q;+1;-1. The van der Waals surface area contributed by atoms with Crippen LogP contribution < -0.4 is 51.4 Å². The molecule has 0 spiro atoms. The van der Waals surface area contributed by atoms with Gasteiger partial charge in [0.1, 0.15) is 0 Å².